The van der Waals surface area contributed by atoms with Gasteiger partial charge in [0, 0.05) is 3.57 Å². The quantitative estimate of drug-likeness (QED) is 0.659. The Hall–Kier alpha value is -1.14. The maximum absolute atomic E-state index is 8.46. The highest BCUT2D eigenvalue weighted by Crippen LogP contribution is 2.07. The molecule has 0 aliphatic rings. The van der Waals surface area contributed by atoms with Crippen molar-refractivity contribution in [1.29, 1.82) is 10.5 Å². The van der Waals surface area contributed by atoms with E-state index in [1.807, 2.05) is 34.7 Å². The molecular formula is C7H2IN3. The number of pyridine rings is 1. The Morgan fingerprint density at radius 2 is 1.64 bits per heavy atom. The maximum Gasteiger partial charge on any atom is 0.143 e. The van der Waals surface area contributed by atoms with Gasteiger partial charge in [-0.05, 0) is 34.7 Å². The minimum atomic E-state index is 0.286. The Morgan fingerprint density at radius 3 is 2.00 bits per heavy atom. The van der Waals surface area contributed by atoms with Crippen molar-refractivity contribution < 1.29 is 0 Å². The van der Waals surface area contributed by atoms with Crippen molar-refractivity contribution in [3.8, 4) is 12.1 Å². The van der Waals surface area contributed by atoms with Gasteiger partial charge in [-0.25, -0.2) is 4.98 Å². The van der Waals surface area contributed by atoms with Crippen LogP contribution in [0.25, 0.3) is 0 Å². The Labute approximate surface area is 77.4 Å². The van der Waals surface area contributed by atoms with Crippen LogP contribution in [0.2, 0.25) is 0 Å². The van der Waals surface area contributed by atoms with E-state index < -0.39 is 0 Å². The minimum absolute atomic E-state index is 0.286. The Kier molecular flexibility index (Phi) is 2.40. The molecule has 0 aliphatic carbocycles. The lowest BCUT2D eigenvalue weighted by atomic mass is 10.3. The third-order valence-electron chi connectivity index (χ3n) is 1.02. The number of halogens is 1. The zero-order chi connectivity index (χ0) is 8.27. The molecule has 0 bridgehead atoms. The van der Waals surface area contributed by atoms with E-state index in [-0.39, 0.29) is 11.4 Å². The molecule has 0 spiro atoms. The van der Waals surface area contributed by atoms with Crippen molar-refractivity contribution in [3.63, 3.8) is 0 Å². The highest BCUT2D eigenvalue weighted by molar-refractivity contribution is 14.1. The number of nitrogens with zero attached hydrogens (tertiary/aromatic N) is 3. The molecule has 0 saturated carbocycles. The largest absolute Gasteiger partial charge is 0.226 e. The Bertz CT molecular complexity index is 327. The third kappa shape index (κ3) is 1.89. The number of rotatable bonds is 0. The van der Waals surface area contributed by atoms with Crippen molar-refractivity contribution >= 4 is 22.6 Å². The first-order valence-electron chi connectivity index (χ1n) is 2.74. The van der Waals surface area contributed by atoms with Gasteiger partial charge in [-0.3, -0.25) is 0 Å². The van der Waals surface area contributed by atoms with Crippen LogP contribution in [0.15, 0.2) is 12.1 Å². The SMILES string of the molecule is N#Cc1cc(I)cc(C#N)n1. The molecule has 0 atom stereocenters. The molecule has 0 unspecified atom stereocenters. The summed E-state index contributed by atoms with van der Waals surface area (Å²) >= 11 is 2.04. The van der Waals surface area contributed by atoms with Gasteiger partial charge in [0.05, 0.1) is 0 Å². The second-order valence-electron chi connectivity index (χ2n) is 1.78. The molecule has 52 valence electrons. The smallest absolute Gasteiger partial charge is 0.143 e. The number of aromatic nitrogens is 1. The summed E-state index contributed by atoms with van der Waals surface area (Å²) in [5.41, 5.74) is 0.571. The lowest BCUT2D eigenvalue weighted by molar-refractivity contribution is 1.21. The topological polar surface area (TPSA) is 60.5 Å². The zero-order valence-electron chi connectivity index (χ0n) is 5.37. The predicted octanol–water partition coefficient (Wildman–Crippen LogP) is 1.43. The molecule has 0 aliphatic heterocycles. The lowest BCUT2D eigenvalue weighted by Gasteiger charge is -1.91. The van der Waals surface area contributed by atoms with Crippen LogP contribution < -0.4 is 0 Å². The summed E-state index contributed by atoms with van der Waals surface area (Å²) in [5.74, 6) is 0. The van der Waals surface area contributed by atoms with Crippen molar-refractivity contribution in [3.05, 3.63) is 27.1 Å². The van der Waals surface area contributed by atoms with Crippen LogP contribution in [0.5, 0.6) is 0 Å². The standard InChI is InChI=1S/C7H2IN3/c8-5-1-6(3-9)11-7(2-5)4-10/h1-2H. The van der Waals surface area contributed by atoms with Crippen LogP contribution in [0.1, 0.15) is 11.4 Å². The van der Waals surface area contributed by atoms with E-state index >= 15 is 0 Å². The average Bonchev–Trinajstić information content (AvgIpc) is 2.03. The maximum atomic E-state index is 8.46. The van der Waals surface area contributed by atoms with Gasteiger partial charge in [0.2, 0.25) is 0 Å². The first kappa shape index (κ1) is 7.96. The molecule has 0 N–H and O–H groups in total. The molecule has 1 aromatic heterocycles. The van der Waals surface area contributed by atoms with Crippen LogP contribution in [0.4, 0.5) is 0 Å². The molecule has 11 heavy (non-hydrogen) atoms. The summed E-state index contributed by atoms with van der Waals surface area (Å²) in [5, 5.41) is 16.9. The van der Waals surface area contributed by atoms with Crippen molar-refractivity contribution in [2.45, 2.75) is 0 Å². The number of hydrogen-bond acceptors (Lipinski definition) is 3. The van der Waals surface area contributed by atoms with E-state index in [9.17, 15) is 0 Å². The lowest BCUT2D eigenvalue weighted by Crippen LogP contribution is -1.88. The monoisotopic (exact) mass is 255 g/mol. The van der Waals surface area contributed by atoms with Crippen LogP contribution in [0, 0.1) is 26.2 Å². The molecule has 0 amide bonds. The summed E-state index contributed by atoms with van der Waals surface area (Å²) in [6.45, 7) is 0. The summed E-state index contributed by atoms with van der Waals surface area (Å²) in [6.07, 6.45) is 0. The first-order valence-corrected chi connectivity index (χ1v) is 3.82. The number of hydrogen-bond donors (Lipinski definition) is 0. The van der Waals surface area contributed by atoms with E-state index in [2.05, 4.69) is 4.98 Å². The van der Waals surface area contributed by atoms with Gasteiger partial charge in [-0.15, -0.1) is 0 Å². The van der Waals surface area contributed by atoms with Gasteiger partial charge in [-0.2, -0.15) is 10.5 Å². The molecule has 1 rings (SSSR count). The molecule has 1 aromatic rings. The molecule has 1 heterocycles. The van der Waals surface area contributed by atoms with Crippen LogP contribution >= 0.6 is 22.6 Å². The van der Waals surface area contributed by atoms with Crippen LogP contribution in [0.3, 0.4) is 0 Å². The first-order chi connectivity index (χ1) is 5.26. The number of nitriles is 2. The van der Waals surface area contributed by atoms with Gasteiger partial charge in [0.1, 0.15) is 23.5 Å². The normalized spacial score (nSPS) is 8.27. The highest BCUT2D eigenvalue weighted by atomic mass is 127. The van der Waals surface area contributed by atoms with Gasteiger partial charge < -0.3 is 0 Å². The fourth-order valence-corrected chi connectivity index (χ4v) is 1.20. The molecule has 0 aromatic carbocycles. The van der Waals surface area contributed by atoms with Gasteiger partial charge in [0.15, 0.2) is 0 Å². The van der Waals surface area contributed by atoms with Gasteiger partial charge in [-0.1, -0.05) is 0 Å². The molecule has 0 radical (unpaired) electrons. The third-order valence-corrected chi connectivity index (χ3v) is 1.64. The highest BCUT2D eigenvalue weighted by Gasteiger charge is 1.97. The van der Waals surface area contributed by atoms with E-state index in [1.165, 1.54) is 0 Å². The van der Waals surface area contributed by atoms with Crippen LogP contribution in [-0.2, 0) is 0 Å². The van der Waals surface area contributed by atoms with E-state index in [0.29, 0.717) is 0 Å². The molecule has 3 nitrogen and oxygen atoms in total. The summed E-state index contributed by atoms with van der Waals surface area (Å²) in [7, 11) is 0. The van der Waals surface area contributed by atoms with Crippen LogP contribution in [-0.4, -0.2) is 4.98 Å². The fraction of sp³-hybridized carbons (Fsp3) is 0. The zero-order valence-corrected chi connectivity index (χ0v) is 7.53. The average molecular weight is 255 g/mol. The Balaban J connectivity index is 3.28. The van der Waals surface area contributed by atoms with Crippen molar-refractivity contribution in [2.75, 3.05) is 0 Å². The van der Waals surface area contributed by atoms with Gasteiger partial charge >= 0.3 is 0 Å². The molecule has 0 fully saturated rings. The van der Waals surface area contributed by atoms with Crippen molar-refractivity contribution in [2.24, 2.45) is 0 Å². The summed E-state index contributed by atoms with van der Waals surface area (Å²) in [6, 6.07) is 7.00. The molecular weight excluding hydrogens is 253 g/mol. The second kappa shape index (κ2) is 3.31. The second-order valence-corrected chi connectivity index (χ2v) is 3.03. The van der Waals surface area contributed by atoms with E-state index in [0.717, 1.165) is 3.57 Å². The molecule has 4 heteroatoms. The summed E-state index contributed by atoms with van der Waals surface area (Å²) in [4.78, 5) is 3.74. The summed E-state index contributed by atoms with van der Waals surface area (Å²) < 4.78 is 0.852. The van der Waals surface area contributed by atoms with E-state index in [4.69, 9.17) is 10.5 Å². The minimum Gasteiger partial charge on any atom is -0.226 e. The fourth-order valence-electron chi connectivity index (χ4n) is 0.612. The van der Waals surface area contributed by atoms with Gasteiger partial charge in [0.25, 0.3) is 0 Å². The Morgan fingerprint density at radius 1 is 1.18 bits per heavy atom. The predicted molar refractivity (Wildman–Crippen MR) is 46.4 cm³/mol. The van der Waals surface area contributed by atoms with Crippen molar-refractivity contribution in [1.82, 2.24) is 4.98 Å². The molecule has 0 saturated heterocycles. The van der Waals surface area contributed by atoms with E-state index in [1.54, 1.807) is 12.1 Å².